The zero-order valence-electron chi connectivity index (χ0n) is 21.4. The molecule has 6 N–H and O–H groups in total. The van der Waals surface area contributed by atoms with E-state index in [1.165, 1.54) is 0 Å². The van der Waals surface area contributed by atoms with E-state index in [1.807, 2.05) is 42.2 Å². The molecule has 2 atom stereocenters. The third-order valence-corrected chi connectivity index (χ3v) is 6.18. The maximum absolute atomic E-state index is 11.3. The Morgan fingerprint density at radius 1 is 0.971 bits per heavy atom. The minimum absolute atomic E-state index is 0.342. The van der Waals surface area contributed by atoms with Gasteiger partial charge in [-0.2, -0.15) is 0 Å². The maximum Gasteiger partial charge on any atom is 0.209 e. The molecular weight excluding hydrogens is 454 g/mol. The van der Waals surface area contributed by atoms with Crippen LogP contribution in [0.2, 0.25) is 0 Å². The molecule has 2 unspecified atom stereocenters. The molecule has 0 aliphatic carbocycles. The smallest absolute Gasteiger partial charge is 0.209 e. The van der Waals surface area contributed by atoms with Gasteiger partial charge < -0.3 is 31.1 Å². The normalized spacial score (nSPS) is 12.8. The van der Waals surface area contributed by atoms with E-state index in [0.717, 1.165) is 42.8 Å². The summed E-state index contributed by atoms with van der Waals surface area (Å²) in [5.74, 6) is 0.631. The molecule has 2 rings (SSSR count). The molecule has 2 aromatic carbocycles. The molecule has 0 bridgehead atoms. The van der Waals surface area contributed by atoms with Gasteiger partial charge in [0.05, 0.1) is 19.1 Å². The van der Waals surface area contributed by atoms with Gasteiger partial charge in [0, 0.05) is 48.8 Å². The lowest BCUT2D eigenvalue weighted by molar-refractivity contribution is 0.190. The SMILES string of the molecule is CCN(CC)c1ccc(N)c(C(C)NS(C)(=O)=O)c1.CCN(c1ccc(N)c(OC)c1)C(C)O. The number of aliphatic hydroxyl groups is 1. The second-order valence-corrected chi connectivity index (χ2v) is 9.72. The second-order valence-electron chi connectivity index (χ2n) is 7.94. The Bertz CT molecular complexity index is 1010. The summed E-state index contributed by atoms with van der Waals surface area (Å²) in [5, 5.41) is 9.55. The molecule has 0 heterocycles. The second kappa shape index (κ2) is 13.3. The number of sulfonamides is 1. The van der Waals surface area contributed by atoms with Gasteiger partial charge in [0.15, 0.2) is 0 Å². The molecule has 0 saturated carbocycles. The molecule has 10 heteroatoms. The van der Waals surface area contributed by atoms with Crippen molar-refractivity contribution in [3.8, 4) is 5.75 Å². The summed E-state index contributed by atoms with van der Waals surface area (Å²) in [6.07, 6.45) is 0.622. The fraction of sp³-hybridized carbons (Fsp3) is 0.500. The number of nitrogen functional groups attached to an aromatic ring is 2. The van der Waals surface area contributed by atoms with Crippen molar-refractivity contribution in [1.29, 1.82) is 0 Å². The van der Waals surface area contributed by atoms with E-state index in [4.69, 9.17) is 16.2 Å². The van der Waals surface area contributed by atoms with Crippen LogP contribution in [-0.4, -0.2) is 52.8 Å². The Labute approximate surface area is 204 Å². The van der Waals surface area contributed by atoms with E-state index in [-0.39, 0.29) is 6.04 Å². The van der Waals surface area contributed by atoms with Crippen LogP contribution in [0.4, 0.5) is 22.7 Å². The first-order valence-electron chi connectivity index (χ1n) is 11.4. The number of rotatable bonds is 10. The fourth-order valence-electron chi connectivity index (χ4n) is 3.65. The van der Waals surface area contributed by atoms with Crippen LogP contribution in [0.3, 0.4) is 0 Å². The number of nitrogens with zero attached hydrogens (tertiary/aromatic N) is 2. The number of anilines is 4. The Balaban J connectivity index is 0.000000350. The molecule has 0 aliphatic heterocycles. The summed E-state index contributed by atoms with van der Waals surface area (Å²) in [5.41, 5.74) is 15.6. The van der Waals surface area contributed by atoms with Crippen molar-refractivity contribution in [2.75, 3.05) is 54.3 Å². The van der Waals surface area contributed by atoms with Crippen LogP contribution in [0.15, 0.2) is 36.4 Å². The van der Waals surface area contributed by atoms with Crippen LogP contribution in [-0.2, 0) is 10.0 Å². The molecule has 0 aromatic heterocycles. The van der Waals surface area contributed by atoms with Gasteiger partial charge in [-0.1, -0.05) is 0 Å². The van der Waals surface area contributed by atoms with Crippen molar-refractivity contribution in [1.82, 2.24) is 4.72 Å². The van der Waals surface area contributed by atoms with Crippen molar-refractivity contribution in [2.24, 2.45) is 0 Å². The van der Waals surface area contributed by atoms with Crippen molar-refractivity contribution in [3.63, 3.8) is 0 Å². The summed E-state index contributed by atoms with van der Waals surface area (Å²) in [6.45, 7) is 12.2. The predicted molar refractivity (Wildman–Crippen MR) is 143 cm³/mol. The number of aliphatic hydroxyl groups excluding tert-OH is 1. The van der Waals surface area contributed by atoms with Crippen molar-refractivity contribution in [2.45, 2.75) is 46.9 Å². The largest absolute Gasteiger partial charge is 0.495 e. The van der Waals surface area contributed by atoms with E-state index < -0.39 is 16.3 Å². The van der Waals surface area contributed by atoms with Crippen LogP contribution >= 0.6 is 0 Å². The number of ether oxygens (including phenoxy) is 1. The molecule has 9 nitrogen and oxygen atoms in total. The summed E-state index contributed by atoms with van der Waals surface area (Å²) in [6, 6.07) is 10.9. The van der Waals surface area contributed by atoms with Crippen LogP contribution in [0, 0.1) is 0 Å². The number of hydrogen-bond acceptors (Lipinski definition) is 8. The van der Waals surface area contributed by atoms with E-state index in [1.54, 1.807) is 27.0 Å². The standard InChI is InChI=1S/C13H23N3O2S.C11H18N2O2/c1-5-16(6-2)11-7-8-13(14)12(9-11)10(3)15-19(4,17)18;1-4-13(8(2)14)9-5-6-10(12)11(7-9)15-3/h7-10,15H,5-6,14H2,1-4H3;5-8,14H,4,12H2,1-3H3. The lowest BCUT2D eigenvalue weighted by Gasteiger charge is -2.26. The zero-order valence-corrected chi connectivity index (χ0v) is 22.2. The molecule has 192 valence electrons. The Morgan fingerprint density at radius 2 is 1.53 bits per heavy atom. The van der Waals surface area contributed by atoms with E-state index in [9.17, 15) is 13.5 Å². The quantitative estimate of drug-likeness (QED) is 0.292. The van der Waals surface area contributed by atoms with Gasteiger partial charge in [-0.05, 0) is 70.5 Å². The first kappa shape index (κ1) is 29.3. The summed E-state index contributed by atoms with van der Waals surface area (Å²) >= 11 is 0. The third kappa shape index (κ3) is 8.58. The Hall–Kier alpha value is -2.69. The molecule has 2 aromatic rings. The summed E-state index contributed by atoms with van der Waals surface area (Å²) < 4.78 is 30.3. The minimum Gasteiger partial charge on any atom is -0.495 e. The van der Waals surface area contributed by atoms with E-state index >= 15 is 0 Å². The average molecular weight is 496 g/mol. The highest BCUT2D eigenvalue weighted by atomic mass is 32.2. The highest BCUT2D eigenvalue weighted by Gasteiger charge is 2.15. The van der Waals surface area contributed by atoms with Gasteiger partial charge in [-0.15, -0.1) is 0 Å². The number of methoxy groups -OCH3 is 1. The Morgan fingerprint density at radius 3 is 2.00 bits per heavy atom. The first-order chi connectivity index (χ1) is 15.9. The number of nitrogens with two attached hydrogens (primary N) is 2. The lowest BCUT2D eigenvalue weighted by Crippen LogP contribution is -2.32. The number of benzene rings is 2. The fourth-order valence-corrected chi connectivity index (χ4v) is 4.42. The average Bonchev–Trinajstić information content (AvgIpc) is 2.76. The van der Waals surface area contributed by atoms with Crippen LogP contribution in [0.1, 0.15) is 46.2 Å². The number of hydrogen-bond donors (Lipinski definition) is 4. The Kier molecular flexibility index (Phi) is 11.4. The zero-order chi connectivity index (χ0) is 26.1. The molecular formula is C24H41N5O4S. The summed E-state index contributed by atoms with van der Waals surface area (Å²) in [7, 11) is -1.67. The van der Waals surface area contributed by atoms with Gasteiger partial charge in [0.1, 0.15) is 12.0 Å². The third-order valence-electron chi connectivity index (χ3n) is 5.40. The van der Waals surface area contributed by atoms with E-state index in [2.05, 4.69) is 23.5 Å². The van der Waals surface area contributed by atoms with Crippen molar-refractivity contribution in [3.05, 3.63) is 42.0 Å². The van der Waals surface area contributed by atoms with Gasteiger partial charge >= 0.3 is 0 Å². The van der Waals surface area contributed by atoms with E-state index in [0.29, 0.717) is 17.1 Å². The van der Waals surface area contributed by atoms with Gasteiger partial charge in [0.25, 0.3) is 0 Å². The van der Waals surface area contributed by atoms with Crippen LogP contribution < -0.4 is 30.7 Å². The highest BCUT2D eigenvalue weighted by Crippen LogP contribution is 2.28. The lowest BCUT2D eigenvalue weighted by atomic mass is 10.1. The topological polar surface area (TPSA) is 134 Å². The molecule has 0 amide bonds. The van der Waals surface area contributed by atoms with Gasteiger partial charge in [0.2, 0.25) is 10.0 Å². The molecule has 0 saturated heterocycles. The minimum atomic E-state index is -3.25. The molecule has 0 radical (unpaired) electrons. The molecule has 0 aliphatic rings. The number of nitrogens with one attached hydrogen (secondary N) is 1. The maximum atomic E-state index is 11.3. The molecule has 0 fully saturated rings. The van der Waals surface area contributed by atoms with Crippen LogP contribution in [0.5, 0.6) is 5.75 Å². The predicted octanol–water partition coefficient (Wildman–Crippen LogP) is 3.17. The monoisotopic (exact) mass is 495 g/mol. The first-order valence-corrected chi connectivity index (χ1v) is 13.3. The molecule has 34 heavy (non-hydrogen) atoms. The van der Waals surface area contributed by atoms with Crippen molar-refractivity contribution >= 4 is 32.8 Å². The highest BCUT2D eigenvalue weighted by molar-refractivity contribution is 7.88. The van der Waals surface area contributed by atoms with Crippen LogP contribution in [0.25, 0.3) is 0 Å². The van der Waals surface area contributed by atoms with Crippen molar-refractivity contribution < 1.29 is 18.3 Å². The molecule has 0 spiro atoms. The van der Waals surface area contributed by atoms with Gasteiger partial charge in [-0.25, -0.2) is 13.1 Å². The summed E-state index contributed by atoms with van der Waals surface area (Å²) in [4.78, 5) is 4.04. The van der Waals surface area contributed by atoms with Gasteiger partial charge in [-0.3, -0.25) is 0 Å².